The van der Waals surface area contributed by atoms with Crippen molar-refractivity contribution in [3.8, 4) is 5.88 Å². The lowest BCUT2D eigenvalue weighted by Gasteiger charge is -2.36. The Kier molecular flexibility index (Phi) is 5.00. The molecule has 2 aromatic carbocycles. The third kappa shape index (κ3) is 3.49. The number of H-pyrrole nitrogens is 1. The summed E-state index contributed by atoms with van der Waals surface area (Å²) in [6.07, 6.45) is 4.26. The Balaban J connectivity index is 1.66. The van der Waals surface area contributed by atoms with Crippen molar-refractivity contribution in [2.24, 2.45) is 0 Å². The lowest BCUT2D eigenvalue weighted by molar-refractivity contribution is 0.345. The maximum Gasteiger partial charge on any atom is 0.238 e. The molecule has 7 heteroatoms. The highest BCUT2D eigenvalue weighted by Crippen LogP contribution is 2.41. The number of aromatic nitrogens is 2. The zero-order valence-electron chi connectivity index (χ0n) is 17.2. The van der Waals surface area contributed by atoms with E-state index in [4.69, 9.17) is 4.74 Å². The van der Waals surface area contributed by atoms with E-state index in [1.54, 1.807) is 17.6 Å². The first-order valence-corrected chi connectivity index (χ1v) is 11.8. The number of hydrogen-bond acceptors (Lipinski definition) is 4. The van der Waals surface area contributed by atoms with Gasteiger partial charge in [-0.2, -0.15) is 4.31 Å². The summed E-state index contributed by atoms with van der Waals surface area (Å²) in [5.41, 5.74) is 4.64. The smallest absolute Gasteiger partial charge is 0.238 e. The summed E-state index contributed by atoms with van der Waals surface area (Å²) in [7, 11) is -1.99. The van der Waals surface area contributed by atoms with Crippen LogP contribution >= 0.6 is 0 Å². The normalized spacial score (nSPS) is 16.9. The molecule has 158 valence electrons. The SMILES string of the molecule is COc1nccc2c([C@@H]3c4ccccc4CCN3S(=O)(=O)Cc3ccccc3)c[nH]c12. The highest BCUT2D eigenvalue weighted by atomic mass is 32.2. The summed E-state index contributed by atoms with van der Waals surface area (Å²) in [6, 6.07) is 18.9. The molecule has 0 unspecified atom stereocenters. The molecule has 1 atom stereocenters. The van der Waals surface area contributed by atoms with E-state index in [1.165, 1.54) is 5.56 Å². The molecule has 1 aliphatic rings. The van der Waals surface area contributed by atoms with E-state index < -0.39 is 16.1 Å². The third-order valence-electron chi connectivity index (χ3n) is 5.88. The number of fused-ring (bicyclic) bond motifs is 2. The van der Waals surface area contributed by atoms with Crippen LogP contribution in [-0.4, -0.2) is 36.3 Å². The van der Waals surface area contributed by atoms with Crippen LogP contribution < -0.4 is 4.74 Å². The molecule has 4 aromatic rings. The molecule has 1 aliphatic heterocycles. The molecule has 0 bridgehead atoms. The van der Waals surface area contributed by atoms with Gasteiger partial charge >= 0.3 is 0 Å². The van der Waals surface area contributed by atoms with E-state index >= 15 is 0 Å². The highest BCUT2D eigenvalue weighted by molar-refractivity contribution is 7.88. The number of methoxy groups -OCH3 is 1. The number of benzene rings is 2. The van der Waals surface area contributed by atoms with Crippen LogP contribution in [0.2, 0.25) is 0 Å². The van der Waals surface area contributed by atoms with Crippen LogP contribution in [-0.2, 0) is 22.2 Å². The Labute approximate surface area is 181 Å². The first kappa shape index (κ1) is 19.8. The molecule has 5 rings (SSSR count). The fourth-order valence-corrected chi connectivity index (χ4v) is 6.16. The van der Waals surface area contributed by atoms with Gasteiger partial charge < -0.3 is 9.72 Å². The molecule has 0 fully saturated rings. The number of aromatic amines is 1. The maximum absolute atomic E-state index is 13.6. The predicted molar refractivity (Wildman–Crippen MR) is 120 cm³/mol. The van der Waals surface area contributed by atoms with Gasteiger partial charge in [0.15, 0.2) is 0 Å². The minimum absolute atomic E-state index is 0.0280. The van der Waals surface area contributed by atoms with Gasteiger partial charge in [0.2, 0.25) is 15.9 Å². The Morgan fingerprint density at radius 3 is 2.65 bits per heavy atom. The number of nitrogens with one attached hydrogen (secondary N) is 1. The van der Waals surface area contributed by atoms with Crippen LogP contribution in [0.25, 0.3) is 10.9 Å². The molecular formula is C24H23N3O3S. The molecule has 1 N–H and O–H groups in total. The molecule has 3 heterocycles. The van der Waals surface area contributed by atoms with Crippen LogP contribution in [0.1, 0.15) is 28.3 Å². The Bertz CT molecular complexity index is 1330. The van der Waals surface area contributed by atoms with Gasteiger partial charge in [0.1, 0.15) is 5.52 Å². The number of hydrogen-bond donors (Lipinski definition) is 1. The molecule has 2 aromatic heterocycles. The van der Waals surface area contributed by atoms with E-state index in [9.17, 15) is 8.42 Å². The second-order valence-electron chi connectivity index (χ2n) is 7.69. The summed E-state index contributed by atoms with van der Waals surface area (Å²) >= 11 is 0. The van der Waals surface area contributed by atoms with E-state index in [0.717, 1.165) is 27.6 Å². The summed E-state index contributed by atoms with van der Waals surface area (Å²) in [5, 5.41) is 0.911. The first-order valence-electron chi connectivity index (χ1n) is 10.2. The van der Waals surface area contributed by atoms with Gasteiger partial charge in [-0.25, -0.2) is 13.4 Å². The zero-order chi connectivity index (χ0) is 21.4. The molecular weight excluding hydrogens is 410 g/mol. The number of ether oxygens (including phenoxy) is 1. The van der Waals surface area contributed by atoms with Gasteiger partial charge in [0.25, 0.3) is 0 Å². The summed E-state index contributed by atoms with van der Waals surface area (Å²) in [6.45, 7) is 0.436. The second-order valence-corrected chi connectivity index (χ2v) is 9.61. The van der Waals surface area contributed by atoms with Crippen molar-refractivity contribution >= 4 is 20.9 Å². The van der Waals surface area contributed by atoms with Gasteiger partial charge in [-0.15, -0.1) is 0 Å². The maximum atomic E-state index is 13.6. The summed E-state index contributed by atoms with van der Waals surface area (Å²) in [5.74, 6) is 0.464. The minimum Gasteiger partial charge on any atom is -0.479 e. The minimum atomic E-state index is -3.57. The highest BCUT2D eigenvalue weighted by Gasteiger charge is 2.37. The van der Waals surface area contributed by atoms with Crippen LogP contribution in [0, 0.1) is 0 Å². The first-order chi connectivity index (χ1) is 15.1. The fourth-order valence-electron chi connectivity index (χ4n) is 4.46. The van der Waals surface area contributed by atoms with Gasteiger partial charge in [-0.05, 0) is 29.2 Å². The van der Waals surface area contributed by atoms with Crippen molar-refractivity contribution in [3.05, 3.63) is 95.3 Å². The molecule has 0 spiro atoms. The molecule has 0 saturated heterocycles. The van der Waals surface area contributed by atoms with Crippen molar-refractivity contribution in [3.63, 3.8) is 0 Å². The van der Waals surface area contributed by atoms with E-state index in [0.29, 0.717) is 18.8 Å². The molecule has 0 aliphatic carbocycles. The van der Waals surface area contributed by atoms with Crippen LogP contribution in [0.3, 0.4) is 0 Å². The molecule has 31 heavy (non-hydrogen) atoms. The standard InChI is InChI=1S/C24H23N3O3S/c1-30-24-22-20(11-13-25-24)21(15-26-22)23-19-10-6-5-9-18(19)12-14-27(23)31(28,29)16-17-7-3-2-4-8-17/h2-11,13,15,23,26H,12,14,16H2,1H3/t23-/m0/s1. The second kappa shape index (κ2) is 7.83. The molecule has 6 nitrogen and oxygen atoms in total. The number of nitrogens with zero attached hydrogens (tertiary/aromatic N) is 2. The quantitative estimate of drug-likeness (QED) is 0.515. The Morgan fingerprint density at radius 1 is 1.06 bits per heavy atom. The number of rotatable bonds is 5. The van der Waals surface area contributed by atoms with E-state index in [2.05, 4.69) is 16.0 Å². The number of sulfonamides is 1. The molecule has 0 radical (unpaired) electrons. The monoisotopic (exact) mass is 433 g/mol. The zero-order valence-corrected chi connectivity index (χ0v) is 18.0. The third-order valence-corrected chi connectivity index (χ3v) is 7.68. The van der Waals surface area contributed by atoms with Crippen molar-refractivity contribution in [2.75, 3.05) is 13.7 Å². The van der Waals surface area contributed by atoms with Crippen LogP contribution in [0.5, 0.6) is 5.88 Å². The Hall–Kier alpha value is -3.16. The number of pyridine rings is 1. The van der Waals surface area contributed by atoms with E-state index in [-0.39, 0.29) is 5.75 Å². The van der Waals surface area contributed by atoms with Gasteiger partial charge in [0.05, 0.1) is 18.9 Å². The van der Waals surface area contributed by atoms with E-state index in [1.807, 2.05) is 60.8 Å². The summed E-state index contributed by atoms with van der Waals surface area (Å²) in [4.78, 5) is 7.51. The van der Waals surface area contributed by atoms with Crippen molar-refractivity contribution in [1.29, 1.82) is 0 Å². The largest absolute Gasteiger partial charge is 0.479 e. The average Bonchev–Trinajstić information content (AvgIpc) is 3.22. The van der Waals surface area contributed by atoms with Crippen LogP contribution in [0.15, 0.2) is 73.1 Å². The van der Waals surface area contributed by atoms with Gasteiger partial charge in [-0.1, -0.05) is 54.6 Å². The van der Waals surface area contributed by atoms with Crippen molar-refractivity contribution < 1.29 is 13.2 Å². The predicted octanol–water partition coefficient (Wildman–Crippen LogP) is 4.05. The van der Waals surface area contributed by atoms with Gasteiger partial charge in [-0.3, -0.25) is 0 Å². The topological polar surface area (TPSA) is 75.3 Å². The average molecular weight is 434 g/mol. The molecule has 0 saturated carbocycles. The van der Waals surface area contributed by atoms with Crippen molar-refractivity contribution in [1.82, 2.24) is 14.3 Å². The lowest BCUT2D eigenvalue weighted by Crippen LogP contribution is -2.41. The fraction of sp³-hybridized carbons (Fsp3) is 0.208. The lowest BCUT2D eigenvalue weighted by atomic mass is 9.90. The summed E-state index contributed by atoms with van der Waals surface area (Å²) < 4.78 is 34.3. The Morgan fingerprint density at radius 2 is 1.84 bits per heavy atom. The van der Waals surface area contributed by atoms with Crippen molar-refractivity contribution in [2.45, 2.75) is 18.2 Å². The molecule has 0 amide bonds. The van der Waals surface area contributed by atoms with Crippen LogP contribution in [0.4, 0.5) is 0 Å². The van der Waals surface area contributed by atoms with Gasteiger partial charge in [0, 0.05) is 29.9 Å².